The molecule has 2 saturated heterocycles. The second kappa shape index (κ2) is 7.49. The van der Waals surface area contributed by atoms with Crippen LogP contribution in [0.15, 0.2) is 6.33 Å². The summed E-state index contributed by atoms with van der Waals surface area (Å²) in [7, 11) is -3.84. The highest BCUT2D eigenvalue weighted by Gasteiger charge is 2.62. The summed E-state index contributed by atoms with van der Waals surface area (Å²) in [5, 5.41) is 0. The molecule has 11 nitrogen and oxygen atoms in total. The number of alkyl halides is 2. The van der Waals surface area contributed by atoms with Crippen LogP contribution in [-0.4, -0.2) is 55.4 Å². The number of imidazole rings is 1. The maximum Gasteiger partial charge on any atom is 0.475 e. The summed E-state index contributed by atoms with van der Waals surface area (Å²) >= 11 is 13.3. The van der Waals surface area contributed by atoms with Crippen molar-refractivity contribution in [3.05, 3.63) is 6.33 Å². The number of nitrogens with two attached hydrogens (primary N) is 1. The number of rotatable bonds is 5. The number of nitrogens with zero attached hydrogens (tertiary/aromatic N) is 4. The SMILES string of the molecule is CCOc1nc(N)nc2c1ncn2C1OC2COP(=O)(OC(C)C)OC2C1(Cl)Cl. The second-order valence-corrected chi connectivity index (χ2v) is 9.79. The van der Waals surface area contributed by atoms with E-state index in [9.17, 15) is 4.57 Å². The summed E-state index contributed by atoms with van der Waals surface area (Å²) in [6.45, 7) is 5.52. The predicted molar refractivity (Wildman–Crippen MR) is 104 cm³/mol. The van der Waals surface area contributed by atoms with Crippen molar-refractivity contribution >= 4 is 48.1 Å². The largest absolute Gasteiger partial charge is 0.476 e. The third-order valence-corrected chi connectivity index (χ3v) is 6.70. The summed E-state index contributed by atoms with van der Waals surface area (Å²) in [5.74, 6) is 0.218. The molecule has 4 unspecified atom stereocenters. The minimum Gasteiger partial charge on any atom is -0.476 e. The molecule has 0 radical (unpaired) electrons. The Balaban J connectivity index is 1.70. The van der Waals surface area contributed by atoms with Gasteiger partial charge >= 0.3 is 7.82 Å². The molecule has 0 aromatic carbocycles. The van der Waals surface area contributed by atoms with Gasteiger partial charge in [-0.3, -0.25) is 18.1 Å². The molecule has 0 aliphatic carbocycles. The van der Waals surface area contributed by atoms with E-state index in [-0.39, 0.29) is 24.5 Å². The van der Waals surface area contributed by atoms with Gasteiger partial charge in [0.15, 0.2) is 21.7 Å². The second-order valence-electron chi connectivity index (χ2n) is 6.77. The Morgan fingerprint density at radius 1 is 1.45 bits per heavy atom. The smallest absolute Gasteiger partial charge is 0.475 e. The van der Waals surface area contributed by atoms with Crippen molar-refractivity contribution in [2.45, 2.75) is 49.6 Å². The van der Waals surface area contributed by atoms with Gasteiger partial charge < -0.3 is 15.2 Å². The number of ether oxygens (including phenoxy) is 2. The molecule has 2 aliphatic rings. The highest BCUT2D eigenvalue weighted by molar-refractivity contribution is 7.48. The van der Waals surface area contributed by atoms with Crippen molar-refractivity contribution in [2.75, 3.05) is 18.9 Å². The first-order chi connectivity index (χ1) is 13.6. The Morgan fingerprint density at radius 2 is 2.21 bits per heavy atom. The van der Waals surface area contributed by atoms with Crippen LogP contribution >= 0.6 is 31.0 Å². The molecule has 2 aromatic rings. The Morgan fingerprint density at radius 3 is 2.90 bits per heavy atom. The molecule has 2 fully saturated rings. The zero-order valence-corrected chi connectivity index (χ0v) is 18.2. The average molecular weight is 468 g/mol. The Kier molecular flexibility index (Phi) is 5.44. The quantitative estimate of drug-likeness (QED) is 0.516. The zero-order chi connectivity index (χ0) is 21.0. The molecule has 4 atom stereocenters. The number of fused-ring (bicyclic) bond motifs is 2. The Bertz CT molecular complexity index is 972. The molecule has 4 heterocycles. The molecule has 29 heavy (non-hydrogen) atoms. The average Bonchev–Trinajstić information content (AvgIpc) is 3.13. The van der Waals surface area contributed by atoms with E-state index in [0.717, 1.165) is 0 Å². The van der Waals surface area contributed by atoms with Crippen molar-refractivity contribution < 1.29 is 27.6 Å². The number of anilines is 1. The fourth-order valence-electron chi connectivity index (χ4n) is 3.20. The van der Waals surface area contributed by atoms with E-state index in [1.54, 1.807) is 13.8 Å². The standard InChI is InChI=1S/C15H20Cl2N5O6P/c1-4-24-12-9-11(20-14(18)21-12)22(6-19-9)13-15(16,17)10-8(26-13)5-25-29(23,28-10)27-7(2)3/h6-8,10,13H,4-5H2,1-3H3,(H2,18,20,21). The van der Waals surface area contributed by atoms with Crippen LogP contribution in [0.3, 0.4) is 0 Å². The van der Waals surface area contributed by atoms with Gasteiger partial charge in [-0.1, -0.05) is 23.2 Å². The van der Waals surface area contributed by atoms with Gasteiger partial charge in [0.25, 0.3) is 0 Å². The summed E-state index contributed by atoms with van der Waals surface area (Å²) in [6, 6.07) is 0. The molecule has 0 amide bonds. The molecular weight excluding hydrogens is 448 g/mol. The zero-order valence-electron chi connectivity index (χ0n) is 15.8. The lowest BCUT2D eigenvalue weighted by molar-refractivity contribution is -0.0733. The number of hydrogen-bond donors (Lipinski definition) is 1. The fourth-order valence-corrected chi connectivity index (χ4v) is 5.60. The van der Waals surface area contributed by atoms with Crippen LogP contribution in [0.5, 0.6) is 5.88 Å². The highest BCUT2D eigenvalue weighted by atomic mass is 35.5. The van der Waals surface area contributed by atoms with Crippen LogP contribution in [0.2, 0.25) is 0 Å². The van der Waals surface area contributed by atoms with Gasteiger partial charge in [0, 0.05) is 0 Å². The van der Waals surface area contributed by atoms with Crippen molar-refractivity contribution in [1.82, 2.24) is 19.5 Å². The Hall–Kier alpha value is -1.20. The summed E-state index contributed by atoms with van der Waals surface area (Å²) in [6.07, 6.45) is -1.59. The molecule has 4 rings (SSSR count). The number of nitrogen functional groups attached to an aromatic ring is 1. The molecule has 0 bridgehead atoms. The third kappa shape index (κ3) is 3.69. The highest BCUT2D eigenvalue weighted by Crippen LogP contribution is 2.61. The minimum atomic E-state index is -3.84. The molecule has 160 valence electrons. The van der Waals surface area contributed by atoms with E-state index in [4.69, 9.17) is 52.0 Å². The van der Waals surface area contributed by atoms with Crippen LogP contribution in [0, 0.1) is 0 Å². The van der Waals surface area contributed by atoms with E-state index in [1.807, 2.05) is 6.92 Å². The first-order valence-corrected chi connectivity index (χ1v) is 11.1. The number of phosphoric ester groups is 1. The van der Waals surface area contributed by atoms with E-state index in [2.05, 4.69) is 15.0 Å². The van der Waals surface area contributed by atoms with Gasteiger partial charge in [-0.2, -0.15) is 9.97 Å². The summed E-state index contributed by atoms with van der Waals surface area (Å²) in [4.78, 5) is 12.5. The van der Waals surface area contributed by atoms with E-state index < -0.39 is 30.6 Å². The van der Waals surface area contributed by atoms with Crippen molar-refractivity contribution in [2.24, 2.45) is 0 Å². The van der Waals surface area contributed by atoms with E-state index in [1.165, 1.54) is 10.9 Å². The van der Waals surface area contributed by atoms with Crippen molar-refractivity contribution in [1.29, 1.82) is 0 Å². The van der Waals surface area contributed by atoms with Gasteiger partial charge in [-0.15, -0.1) is 0 Å². The van der Waals surface area contributed by atoms with Gasteiger partial charge in [0.05, 0.1) is 25.6 Å². The maximum atomic E-state index is 12.7. The predicted octanol–water partition coefficient (Wildman–Crippen LogP) is 2.83. The molecule has 2 aliphatic heterocycles. The van der Waals surface area contributed by atoms with Crippen LogP contribution in [0.4, 0.5) is 5.95 Å². The minimum absolute atomic E-state index is 0.0118. The first kappa shape index (κ1) is 21.0. The molecule has 2 aromatic heterocycles. The molecule has 0 spiro atoms. The lowest BCUT2D eigenvalue weighted by Crippen LogP contribution is -2.42. The number of aromatic nitrogens is 4. The summed E-state index contributed by atoms with van der Waals surface area (Å²) < 4.78 is 40.2. The monoisotopic (exact) mass is 467 g/mol. The molecular formula is C15H20Cl2N5O6P. The van der Waals surface area contributed by atoms with Crippen LogP contribution in [-0.2, 0) is 22.9 Å². The molecule has 2 N–H and O–H groups in total. The van der Waals surface area contributed by atoms with Gasteiger partial charge in [0.2, 0.25) is 11.8 Å². The lowest BCUT2D eigenvalue weighted by atomic mass is 10.2. The number of halogens is 2. The fraction of sp³-hybridized carbons (Fsp3) is 0.667. The van der Waals surface area contributed by atoms with Gasteiger partial charge in [0.1, 0.15) is 12.2 Å². The van der Waals surface area contributed by atoms with Crippen LogP contribution in [0.1, 0.15) is 27.0 Å². The topological polar surface area (TPSA) is 133 Å². The normalized spacial score (nSPS) is 31.3. The number of hydrogen-bond acceptors (Lipinski definition) is 10. The number of phosphoric acid groups is 1. The van der Waals surface area contributed by atoms with E-state index >= 15 is 0 Å². The molecule has 0 saturated carbocycles. The van der Waals surface area contributed by atoms with Gasteiger partial charge in [-0.05, 0) is 20.8 Å². The lowest BCUT2D eigenvalue weighted by Gasteiger charge is -2.33. The molecule has 14 heteroatoms. The third-order valence-electron chi connectivity index (χ3n) is 4.27. The van der Waals surface area contributed by atoms with Crippen LogP contribution in [0.25, 0.3) is 11.2 Å². The Labute approximate surface area is 176 Å². The van der Waals surface area contributed by atoms with Crippen LogP contribution < -0.4 is 10.5 Å². The van der Waals surface area contributed by atoms with Crippen molar-refractivity contribution in [3.63, 3.8) is 0 Å². The summed E-state index contributed by atoms with van der Waals surface area (Å²) in [5.41, 5.74) is 6.49. The maximum absolute atomic E-state index is 12.7. The first-order valence-electron chi connectivity index (χ1n) is 8.92. The van der Waals surface area contributed by atoms with E-state index in [0.29, 0.717) is 17.8 Å². The van der Waals surface area contributed by atoms with Crippen molar-refractivity contribution in [3.8, 4) is 5.88 Å². The van der Waals surface area contributed by atoms with Gasteiger partial charge in [-0.25, -0.2) is 9.55 Å².